The molecule has 0 aliphatic rings. The third-order valence-corrected chi connectivity index (χ3v) is 5.05. The van der Waals surface area contributed by atoms with Crippen molar-refractivity contribution < 1.29 is 19.1 Å². The lowest BCUT2D eigenvalue weighted by molar-refractivity contribution is -0.144. The standard InChI is InChI=1S/C18H15N3O5S/c1-2-15-20-21-16(23)6-11(19-18(21)27-15)9-26-17(24)5-10-8-25-14-7-12(22)3-4-13(10)14/h3-4,6-8,22H,2,5,9H2,1H3. The van der Waals surface area contributed by atoms with Crippen molar-refractivity contribution in [2.75, 3.05) is 0 Å². The van der Waals surface area contributed by atoms with Crippen LogP contribution in [0, 0.1) is 0 Å². The number of aromatic nitrogens is 3. The van der Waals surface area contributed by atoms with Gasteiger partial charge in [-0.25, -0.2) is 4.98 Å². The second kappa shape index (κ2) is 6.84. The summed E-state index contributed by atoms with van der Waals surface area (Å²) in [5, 5.41) is 15.2. The van der Waals surface area contributed by atoms with Gasteiger partial charge in [0.2, 0.25) is 4.96 Å². The second-order valence-electron chi connectivity index (χ2n) is 5.91. The third-order valence-electron chi connectivity index (χ3n) is 4.00. The summed E-state index contributed by atoms with van der Waals surface area (Å²) < 4.78 is 11.8. The highest BCUT2D eigenvalue weighted by Gasteiger charge is 2.14. The molecule has 8 nitrogen and oxygen atoms in total. The van der Waals surface area contributed by atoms with E-state index in [0.29, 0.717) is 28.2 Å². The molecule has 0 spiro atoms. The van der Waals surface area contributed by atoms with Crippen molar-refractivity contribution in [1.29, 1.82) is 0 Å². The molecule has 3 heterocycles. The second-order valence-corrected chi connectivity index (χ2v) is 6.95. The Labute approximate surface area is 156 Å². The summed E-state index contributed by atoms with van der Waals surface area (Å²) in [6.07, 6.45) is 2.19. The largest absolute Gasteiger partial charge is 0.508 e. The summed E-state index contributed by atoms with van der Waals surface area (Å²) in [6, 6.07) is 6.01. The minimum Gasteiger partial charge on any atom is -0.508 e. The van der Waals surface area contributed by atoms with Gasteiger partial charge in [0.15, 0.2) is 0 Å². The molecule has 1 aromatic carbocycles. The summed E-state index contributed by atoms with van der Waals surface area (Å²) in [5.74, 6) is -0.376. The molecule has 0 radical (unpaired) electrons. The van der Waals surface area contributed by atoms with E-state index in [0.717, 1.165) is 10.4 Å². The number of rotatable bonds is 5. The zero-order valence-corrected chi connectivity index (χ0v) is 15.2. The van der Waals surface area contributed by atoms with Crippen molar-refractivity contribution in [3.63, 3.8) is 0 Å². The van der Waals surface area contributed by atoms with Crippen molar-refractivity contribution in [3.05, 3.63) is 57.1 Å². The van der Waals surface area contributed by atoms with Crippen LogP contribution < -0.4 is 5.56 Å². The van der Waals surface area contributed by atoms with Gasteiger partial charge in [0.1, 0.15) is 22.9 Å². The van der Waals surface area contributed by atoms with Crippen LogP contribution in [0.3, 0.4) is 0 Å². The number of benzene rings is 1. The number of carbonyl (C=O) groups excluding carboxylic acids is 1. The molecule has 3 aromatic heterocycles. The molecule has 0 bridgehead atoms. The Morgan fingerprint density at radius 2 is 2.22 bits per heavy atom. The predicted octanol–water partition coefficient (Wildman–Crippen LogP) is 2.45. The molecule has 4 aromatic rings. The first-order valence-electron chi connectivity index (χ1n) is 8.27. The molecular formula is C18H15N3O5S. The van der Waals surface area contributed by atoms with Gasteiger partial charge in [0, 0.05) is 23.1 Å². The minimum absolute atomic E-state index is 0.0134. The Balaban J connectivity index is 1.47. The molecule has 27 heavy (non-hydrogen) atoms. The highest BCUT2D eigenvalue weighted by molar-refractivity contribution is 7.16. The van der Waals surface area contributed by atoms with Gasteiger partial charge in [-0.3, -0.25) is 9.59 Å². The maximum atomic E-state index is 12.2. The molecule has 0 saturated heterocycles. The molecule has 0 aliphatic carbocycles. The van der Waals surface area contributed by atoms with Gasteiger partial charge in [-0.05, 0) is 18.6 Å². The smallest absolute Gasteiger partial charge is 0.310 e. The van der Waals surface area contributed by atoms with E-state index in [-0.39, 0.29) is 24.3 Å². The van der Waals surface area contributed by atoms with Crippen molar-refractivity contribution in [2.45, 2.75) is 26.4 Å². The van der Waals surface area contributed by atoms with Gasteiger partial charge >= 0.3 is 5.97 Å². The van der Waals surface area contributed by atoms with E-state index in [1.807, 2.05) is 6.92 Å². The number of phenolic OH excluding ortho intramolecular Hbond substituents is 1. The summed E-state index contributed by atoms with van der Waals surface area (Å²) in [5.41, 5.74) is 1.23. The number of carbonyl (C=O) groups is 1. The topological polar surface area (TPSA) is 107 Å². The zero-order valence-electron chi connectivity index (χ0n) is 14.3. The summed E-state index contributed by atoms with van der Waals surface area (Å²) in [4.78, 5) is 29.1. The Kier molecular flexibility index (Phi) is 4.36. The van der Waals surface area contributed by atoms with Gasteiger partial charge in [-0.15, -0.1) is 0 Å². The Hall–Kier alpha value is -3.20. The lowest BCUT2D eigenvalue weighted by Gasteiger charge is -2.04. The maximum absolute atomic E-state index is 12.2. The molecule has 1 N–H and O–H groups in total. The monoisotopic (exact) mass is 385 g/mol. The Morgan fingerprint density at radius 1 is 1.37 bits per heavy atom. The van der Waals surface area contributed by atoms with Crippen LogP contribution in [0.4, 0.5) is 0 Å². The van der Waals surface area contributed by atoms with E-state index in [1.54, 1.807) is 6.07 Å². The van der Waals surface area contributed by atoms with E-state index in [4.69, 9.17) is 9.15 Å². The number of nitrogens with zero attached hydrogens (tertiary/aromatic N) is 3. The van der Waals surface area contributed by atoms with Gasteiger partial charge in [0.05, 0.1) is 18.4 Å². The predicted molar refractivity (Wildman–Crippen MR) is 97.9 cm³/mol. The quantitative estimate of drug-likeness (QED) is 0.526. The van der Waals surface area contributed by atoms with Crippen LogP contribution >= 0.6 is 11.3 Å². The van der Waals surface area contributed by atoms with Crippen molar-refractivity contribution in [2.24, 2.45) is 0 Å². The first-order chi connectivity index (χ1) is 13.0. The number of fused-ring (bicyclic) bond motifs is 2. The van der Waals surface area contributed by atoms with Crippen molar-refractivity contribution >= 4 is 33.2 Å². The van der Waals surface area contributed by atoms with E-state index >= 15 is 0 Å². The molecule has 0 amide bonds. The number of aromatic hydroxyl groups is 1. The van der Waals surface area contributed by atoms with Crippen LogP contribution in [0.5, 0.6) is 5.75 Å². The Morgan fingerprint density at radius 3 is 3.04 bits per heavy atom. The van der Waals surface area contributed by atoms with E-state index in [1.165, 1.54) is 40.3 Å². The van der Waals surface area contributed by atoms with E-state index in [9.17, 15) is 14.7 Å². The minimum atomic E-state index is -0.466. The van der Waals surface area contributed by atoms with Gasteiger partial charge < -0.3 is 14.3 Å². The molecule has 0 fully saturated rings. The average Bonchev–Trinajstić information content (AvgIpc) is 3.24. The molecule has 4 rings (SSSR count). The molecule has 0 atom stereocenters. The normalized spacial score (nSPS) is 11.3. The molecular weight excluding hydrogens is 370 g/mol. The summed E-state index contributed by atoms with van der Waals surface area (Å²) in [6.45, 7) is 1.85. The highest BCUT2D eigenvalue weighted by atomic mass is 32.1. The van der Waals surface area contributed by atoms with Crippen LogP contribution in [-0.2, 0) is 29.0 Å². The number of hydrogen-bond acceptors (Lipinski definition) is 8. The van der Waals surface area contributed by atoms with Crippen LogP contribution in [-0.4, -0.2) is 25.7 Å². The molecule has 0 aliphatic heterocycles. The van der Waals surface area contributed by atoms with Gasteiger partial charge in [-0.2, -0.15) is 9.61 Å². The van der Waals surface area contributed by atoms with Crippen LogP contribution in [0.1, 0.15) is 23.2 Å². The number of aryl methyl sites for hydroxylation is 1. The van der Waals surface area contributed by atoms with Crippen LogP contribution in [0.2, 0.25) is 0 Å². The molecule has 9 heteroatoms. The number of esters is 1. The lowest BCUT2D eigenvalue weighted by Crippen LogP contribution is -2.17. The van der Waals surface area contributed by atoms with Gasteiger partial charge in [-0.1, -0.05) is 18.3 Å². The number of phenols is 1. The fraction of sp³-hybridized carbons (Fsp3) is 0.222. The lowest BCUT2D eigenvalue weighted by atomic mass is 10.1. The Bertz CT molecular complexity index is 1210. The van der Waals surface area contributed by atoms with E-state index < -0.39 is 5.97 Å². The molecule has 0 unspecified atom stereocenters. The highest BCUT2D eigenvalue weighted by Crippen LogP contribution is 2.25. The fourth-order valence-electron chi connectivity index (χ4n) is 2.68. The summed E-state index contributed by atoms with van der Waals surface area (Å²) in [7, 11) is 0. The SMILES string of the molecule is CCc1nn2c(=O)cc(COC(=O)Cc3coc4cc(O)ccc34)nc2s1. The zero-order chi connectivity index (χ0) is 19.0. The number of ether oxygens (including phenoxy) is 1. The molecule has 138 valence electrons. The third kappa shape index (κ3) is 3.41. The maximum Gasteiger partial charge on any atom is 0.310 e. The van der Waals surface area contributed by atoms with Gasteiger partial charge in [0.25, 0.3) is 5.56 Å². The van der Waals surface area contributed by atoms with Crippen LogP contribution in [0.25, 0.3) is 15.9 Å². The number of furan rings is 1. The number of hydrogen-bond donors (Lipinski definition) is 1. The summed E-state index contributed by atoms with van der Waals surface area (Å²) >= 11 is 1.33. The van der Waals surface area contributed by atoms with E-state index in [2.05, 4.69) is 10.1 Å². The van der Waals surface area contributed by atoms with Crippen LogP contribution in [0.15, 0.2) is 39.7 Å². The fourth-order valence-corrected chi connectivity index (χ4v) is 3.54. The first-order valence-corrected chi connectivity index (χ1v) is 9.08. The van der Waals surface area contributed by atoms with Crippen molar-refractivity contribution in [1.82, 2.24) is 14.6 Å². The molecule has 0 saturated carbocycles. The average molecular weight is 385 g/mol. The first kappa shape index (κ1) is 17.2. The van der Waals surface area contributed by atoms with Crippen molar-refractivity contribution in [3.8, 4) is 5.75 Å².